The molecule has 6 heteroatoms. The lowest BCUT2D eigenvalue weighted by Gasteiger charge is -2.19. The minimum atomic E-state index is 0.00198. The molecule has 0 saturated heterocycles. The summed E-state index contributed by atoms with van der Waals surface area (Å²) in [7, 11) is 0. The van der Waals surface area contributed by atoms with Gasteiger partial charge < -0.3 is 9.80 Å². The molecule has 0 spiro atoms. The van der Waals surface area contributed by atoms with Crippen LogP contribution in [0.1, 0.15) is 34.6 Å². The Bertz CT molecular complexity index is 412. The lowest BCUT2D eigenvalue weighted by molar-refractivity contribution is 0.0786. The molecule has 0 radical (unpaired) electrons. The molecule has 1 rings (SSSR count). The van der Waals surface area contributed by atoms with Gasteiger partial charge in [0.2, 0.25) is 0 Å². The van der Waals surface area contributed by atoms with Crippen LogP contribution < -0.4 is 0 Å². The van der Waals surface area contributed by atoms with Crippen molar-refractivity contribution in [3.63, 3.8) is 0 Å². The highest BCUT2D eigenvalue weighted by Crippen LogP contribution is 2.11. The third-order valence-corrected chi connectivity index (χ3v) is 4.65. The minimum Gasteiger partial charge on any atom is -0.330 e. The van der Waals surface area contributed by atoms with Crippen molar-refractivity contribution in [1.29, 1.82) is 0 Å². The van der Waals surface area contributed by atoms with Crippen molar-refractivity contribution >= 4 is 57.0 Å². The molecule has 1 aromatic carbocycles. The van der Waals surface area contributed by atoms with E-state index in [4.69, 9.17) is 0 Å². The van der Waals surface area contributed by atoms with E-state index in [0.717, 1.165) is 0 Å². The molecular formula is C14H18I2N2O2. The van der Waals surface area contributed by atoms with Crippen LogP contribution in [0.4, 0.5) is 0 Å². The molecule has 2 amide bonds. The van der Waals surface area contributed by atoms with E-state index in [1.807, 2.05) is 13.8 Å². The van der Waals surface area contributed by atoms with Gasteiger partial charge in [0.05, 0.1) is 9.10 Å². The number of halogens is 2. The summed E-state index contributed by atoms with van der Waals surface area (Å²) < 4.78 is 1.32. The van der Waals surface area contributed by atoms with Gasteiger partial charge in [0.15, 0.2) is 0 Å². The number of nitrogens with zero attached hydrogens (tertiary/aromatic N) is 2. The van der Waals surface area contributed by atoms with Crippen molar-refractivity contribution in [2.75, 3.05) is 22.2 Å². The van der Waals surface area contributed by atoms with Crippen molar-refractivity contribution in [2.45, 2.75) is 13.8 Å². The first-order valence-electron chi connectivity index (χ1n) is 6.39. The predicted octanol–water partition coefficient (Wildman–Crippen LogP) is 3.40. The Morgan fingerprint density at radius 2 is 1.15 bits per heavy atom. The van der Waals surface area contributed by atoms with E-state index in [2.05, 4.69) is 45.2 Å². The van der Waals surface area contributed by atoms with Crippen LogP contribution in [0.3, 0.4) is 0 Å². The molecule has 0 aromatic heterocycles. The second kappa shape index (κ2) is 8.81. The molecule has 0 heterocycles. The molecule has 0 aliphatic heterocycles. The van der Waals surface area contributed by atoms with E-state index in [0.29, 0.717) is 33.3 Å². The average molecular weight is 500 g/mol. The fourth-order valence-electron chi connectivity index (χ4n) is 1.69. The minimum absolute atomic E-state index is 0.00198. The fourth-order valence-corrected chi connectivity index (χ4v) is 3.27. The highest BCUT2D eigenvalue weighted by molar-refractivity contribution is 14.1. The molecule has 4 nitrogen and oxygen atoms in total. The predicted molar refractivity (Wildman–Crippen MR) is 97.6 cm³/mol. The Labute approximate surface area is 147 Å². The molecule has 0 bridgehead atoms. The van der Waals surface area contributed by atoms with E-state index in [9.17, 15) is 9.59 Å². The molecule has 0 N–H and O–H groups in total. The standard InChI is InChI=1S/C14H18I2N2O2/c1-3-17(9-15)13(19)11-5-7-12(8-6-11)14(20)18(4-2)10-16/h5-8H,3-4,9-10H2,1-2H3. The summed E-state index contributed by atoms with van der Waals surface area (Å²) >= 11 is 4.34. The summed E-state index contributed by atoms with van der Waals surface area (Å²) in [5.74, 6) is 0.00396. The normalized spacial score (nSPS) is 10.2. The lowest BCUT2D eigenvalue weighted by Crippen LogP contribution is -2.30. The summed E-state index contributed by atoms with van der Waals surface area (Å²) in [6.07, 6.45) is 0. The molecule has 110 valence electrons. The van der Waals surface area contributed by atoms with Gasteiger partial charge in [0, 0.05) is 24.2 Å². The molecule has 20 heavy (non-hydrogen) atoms. The van der Waals surface area contributed by atoms with Gasteiger partial charge >= 0.3 is 0 Å². The number of alkyl halides is 2. The van der Waals surface area contributed by atoms with Crippen LogP contribution in [-0.4, -0.2) is 43.8 Å². The monoisotopic (exact) mass is 500 g/mol. The van der Waals surface area contributed by atoms with Gasteiger partial charge in [-0.15, -0.1) is 0 Å². The largest absolute Gasteiger partial charge is 0.330 e. The van der Waals surface area contributed by atoms with Crippen LogP contribution in [0.15, 0.2) is 24.3 Å². The zero-order chi connectivity index (χ0) is 15.1. The van der Waals surface area contributed by atoms with Crippen molar-refractivity contribution in [1.82, 2.24) is 9.80 Å². The summed E-state index contributed by atoms with van der Waals surface area (Å²) in [5, 5.41) is 0. The Morgan fingerprint density at radius 1 is 0.850 bits per heavy atom. The lowest BCUT2D eigenvalue weighted by atomic mass is 10.1. The van der Waals surface area contributed by atoms with E-state index >= 15 is 0 Å². The number of amides is 2. The molecule has 0 aliphatic rings. The van der Waals surface area contributed by atoms with Crippen LogP contribution >= 0.6 is 45.2 Å². The number of benzene rings is 1. The van der Waals surface area contributed by atoms with Gasteiger partial charge in [-0.25, -0.2) is 0 Å². The Kier molecular flexibility index (Phi) is 7.78. The van der Waals surface area contributed by atoms with E-state index in [1.54, 1.807) is 34.1 Å². The Morgan fingerprint density at radius 3 is 1.35 bits per heavy atom. The zero-order valence-electron chi connectivity index (χ0n) is 11.6. The highest BCUT2D eigenvalue weighted by Gasteiger charge is 2.16. The molecule has 0 aliphatic carbocycles. The second-order valence-electron chi connectivity index (χ2n) is 4.14. The fraction of sp³-hybridized carbons (Fsp3) is 0.429. The van der Waals surface area contributed by atoms with Crippen LogP contribution in [0.25, 0.3) is 0 Å². The molecule has 0 saturated carbocycles. The number of hydrogen-bond donors (Lipinski definition) is 0. The first-order valence-corrected chi connectivity index (χ1v) is 9.44. The smallest absolute Gasteiger partial charge is 0.254 e. The third-order valence-electron chi connectivity index (χ3n) is 3.01. The quantitative estimate of drug-likeness (QED) is 0.342. The average Bonchev–Trinajstić information content (AvgIpc) is 2.49. The van der Waals surface area contributed by atoms with E-state index < -0.39 is 0 Å². The van der Waals surface area contributed by atoms with E-state index in [1.165, 1.54) is 0 Å². The molecule has 0 atom stereocenters. The van der Waals surface area contributed by atoms with Crippen LogP contribution in [0.2, 0.25) is 0 Å². The second-order valence-corrected chi connectivity index (χ2v) is 5.50. The van der Waals surface area contributed by atoms with Gasteiger partial charge in [-0.05, 0) is 38.1 Å². The number of rotatable bonds is 6. The van der Waals surface area contributed by atoms with Gasteiger partial charge in [-0.3, -0.25) is 9.59 Å². The molecule has 1 aromatic rings. The van der Waals surface area contributed by atoms with Gasteiger partial charge in [-0.1, -0.05) is 45.2 Å². The topological polar surface area (TPSA) is 40.6 Å². The van der Waals surface area contributed by atoms with Crippen LogP contribution in [0, 0.1) is 0 Å². The zero-order valence-corrected chi connectivity index (χ0v) is 15.9. The SMILES string of the molecule is CCN(CI)C(=O)c1ccc(C(=O)N(CC)CI)cc1. The molecule has 0 fully saturated rings. The first-order chi connectivity index (χ1) is 9.58. The maximum atomic E-state index is 12.2. The van der Waals surface area contributed by atoms with Gasteiger partial charge in [0.1, 0.15) is 0 Å². The summed E-state index contributed by atoms with van der Waals surface area (Å²) in [6, 6.07) is 6.91. The number of hydrogen-bond acceptors (Lipinski definition) is 2. The maximum absolute atomic E-state index is 12.2. The number of carbonyl (C=O) groups excluding carboxylic acids is 2. The van der Waals surface area contributed by atoms with E-state index in [-0.39, 0.29) is 11.8 Å². The number of carbonyl (C=O) groups is 2. The van der Waals surface area contributed by atoms with Crippen LogP contribution in [0.5, 0.6) is 0 Å². The van der Waals surface area contributed by atoms with Crippen molar-refractivity contribution in [3.05, 3.63) is 35.4 Å². The van der Waals surface area contributed by atoms with Gasteiger partial charge in [-0.2, -0.15) is 0 Å². The summed E-state index contributed by atoms with van der Waals surface area (Å²) in [4.78, 5) is 27.8. The first kappa shape index (κ1) is 17.7. The highest BCUT2D eigenvalue weighted by atomic mass is 127. The third kappa shape index (κ3) is 4.31. The molecule has 0 unspecified atom stereocenters. The maximum Gasteiger partial charge on any atom is 0.254 e. The summed E-state index contributed by atoms with van der Waals surface area (Å²) in [5.41, 5.74) is 1.25. The van der Waals surface area contributed by atoms with Crippen molar-refractivity contribution in [3.8, 4) is 0 Å². The van der Waals surface area contributed by atoms with Crippen molar-refractivity contribution < 1.29 is 9.59 Å². The van der Waals surface area contributed by atoms with Crippen LogP contribution in [-0.2, 0) is 0 Å². The molecular weight excluding hydrogens is 482 g/mol. The summed E-state index contributed by atoms with van der Waals surface area (Å²) in [6.45, 7) is 5.27. The van der Waals surface area contributed by atoms with Crippen molar-refractivity contribution in [2.24, 2.45) is 0 Å². The Balaban J connectivity index is 2.88. The van der Waals surface area contributed by atoms with Gasteiger partial charge in [0.25, 0.3) is 11.8 Å². The Hall–Kier alpha value is -0.380.